The number of carbonyl (C=O) groups is 1. The van der Waals surface area contributed by atoms with Gasteiger partial charge in [-0.05, 0) is 37.3 Å². The third kappa shape index (κ3) is 4.24. The number of amides is 1. The molecule has 0 aliphatic carbocycles. The summed E-state index contributed by atoms with van der Waals surface area (Å²) < 4.78 is 25.0. The van der Waals surface area contributed by atoms with Gasteiger partial charge in [0, 0.05) is 10.5 Å². The van der Waals surface area contributed by atoms with E-state index in [2.05, 4.69) is 21.2 Å². The van der Waals surface area contributed by atoms with Gasteiger partial charge in [-0.15, -0.1) is 0 Å². The standard InChI is InChI=1S/C17H14BrFN2O3/c1-10(17(22)21-14-5-4-12(18)8-13(14)19)24-15-6-3-11(9-20)7-16(15)23-2/h3-8,10H,1-2H3,(H,21,22)/t10-/m1/s1. The average Bonchev–Trinajstić information content (AvgIpc) is 2.57. The molecule has 2 aromatic carbocycles. The van der Waals surface area contributed by atoms with Crippen molar-refractivity contribution in [3.63, 3.8) is 0 Å². The lowest BCUT2D eigenvalue weighted by Crippen LogP contribution is -2.30. The molecule has 0 saturated carbocycles. The quantitative estimate of drug-likeness (QED) is 0.837. The molecule has 2 rings (SSSR count). The molecule has 0 aliphatic rings. The van der Waals surface area contributed by atoms with Crippen molar-refractivity contribution in [2.45, 2.75) is 13.0 Å². The van der Waals surface area contributed by atoms with Gasteiger partial charge >= 0.3 is 0 Å². The molecule has 0 aromatic heterocycles. The SMILES string of the molecule is COc1cc(C#N)ccc1O[C@H](C)C(=O)Nc1ccc(Br)cc1F. The highest BCUT2D eigenvalue weighted by atomic mass is 79.9. The van der Waals surface area contributed by atoms with Gasteiger partial charge in [0.25, 0.3) is 5.91 Å². The molecule has 1 atom stereocenters. The van der Waals surface area contributed by atoms with Crippen molar-refractivity contribution in [1.82, 2.24) is 0 Å². The van der Waals surface area contributed by atoms with Gasteiger partial charge in [0.1, 0.15) is 5.82 Å². The lowest BCUT2D eigenvalue weighted by Gasteiger charge is -2.17. The van der Waals surface area contributed by atoms with Gasteiger partial charge in [-0.2, -0.15) is 5.26 Å². The zero-order valence-corrected chi connectivity index (χ0v) is 14.6. The first-order valence-corrected chi connectivity index (χ1v) is 7.74. The zero-order valence-electron chi connectivity index (χ0n) is 13.0. The predicted octanol–water partition coefficient (Wildman–Crippen LogP) is 3.87. The maximum absolute atomic E-state index is 13.8. The van der Waals surface area contributed by atoms with E-state index < -0.39 is 17.8 Å². The molecule has 5 nitrogen and oxygen atoms in total. The van der Waals surface area contributed by atoms with Gasteiger partial charge in [-0.1, -0.05) is 15.9 Å². The number of carbonyl (C=O) groups excluding carboxylic acids is 1. The second kappa shape index (κ2) is 7.79. The van der Waals surface area contributed by atoms with Crippen LogP contribution in [0.4, 0.5) is 10.1 Å². The molecule has 0 spiro atoms. The Hall–Kier alpha value is -2.59. The maximum Gasteiger partial charge on any atom is 0.265 e. The molecule has 0 fully saturated rings. The van der Waals surface area contributed by atoms with Crippen LogP contribution in [0, 0.1) is 17.1 Å². The molecule has 0 radical (unpaired) electrons. The number of halogens is 2. The molecule has 0 saturated heterocycles. The second-order valence-corrected chi connectivity index (χ2v) is 5.77. The van der Waals surface area contributed by atoms with Crippen molar-refractivity contribution in [2.75, 3.05) is 12.4 Å². The number of nitrogens with zero attached hydrogens (tertiary/aromatic N) is 1. The van der Waals surface area contributed by atoms with Crippen molar-refractivity contribution in [3.05, 3.63) is 52.3 Å². The Bertz CT molecular complexity index is 805. The fourth-order valence-corrected chi connectivity index (χ4v) is 2.24. The molecular weight excluding hydrogens is 379 g/mol. The number of anilines is 1. The van der Waals surface area contributed by atoms with Crippen LogP contribution in [0.3, 0.4) is 0 Å². The summed E-state index contributed by atoms with van der Waals surface area (Å²) in [4.78, 5) is 12.2. The molecule has 124 valence electrons. The summed E-state index contributed by atoms with van der Waals surface area (Å²) in [6, 6.07) is 10.9. The van der Waals surface area contributed by atoms with Crippen LogP contribution in [0.1, 0.15) is 12.5 Å². The molecule has 0 bridgehead atoms. The fraction of sp³-hybridized carbons (Fsp3) is 0.176. The third-order valence-electron chi connectivity index (χ3n) is 3.15. The summed E-state index contributed by atoms with van der Waals surface area (Å²) >= 11 is 3.15. The molecule has 0 aliphatic heterocycles. The number of hydrogen-bond donors (Lipinski definition) is 1. The zero-order chi connectivity index (χ0) is 17.7. The highest BCUT2D eigenvalue weighted by molar-refractivity contribution is 9.10. The van der Waals surface area contributed by atoms with Crippen molar-refractivity contribution in [3.8, 4) is 17.6 Å². The van der Waals surface area contributed by atoms with Crippen LogP contribution >= 0.6 is 15.9 Å². The van der Waals surface area contributed by atoms with E-state index in [9.17, 15) is 9.18 Å². The Balaban J connectivity index is 2.10. The summed E-state index contributed by atoms with van der Waals surface area (Å²) in [7, 11) is 1.44. The minimum atomic E-state index is -0.894. The van der Waals surface area contributed by atoms with Crippen molar-refractivity contribution in [2.24, 2.45) is 0 Å². The number of nitrogens with one attached hydrogen (secondary N) is 1. The first kappa shape index (κ1) is 17.8. The number of nitriles is 1. The van der Waals surface area contributed by atoms with E-state index >= 15 is 0 Å². The van der Waals surface area contributed by atoms with E-state index in [1.807, 2.05) is 6.07 Å². The van der Waals surface area contributed by atoms with Gasteiger partial charge in [0.2, 0.25) is 0 Å². The summed E-state index contributed by atoms with van der Waals surface area (Å²) in [5, 5.41) is 11.3. The van der Waals surface area contributed by atoms with Gasteiger partial charge in [0.15, 0.2) is 17.6 Å². The predicted molar refractivity (Wildman–Crippen MR) is 90.5 cm³/mol. The van der Waals surface area contributed by atoms with Crippen LogP contribution in [-0.4, -0.2) is 19.1 Å². The van der Waals surface area contributed by atoms with Gasteiger partial charge in [-0.25, -0.2) is 4.39 Å². The topological polar surface area (TPSA) is 71.3 Å². The fourth-order valence-electron chi connectivity index (χ4n) is 1.90. The maximum atomic E-state index is 13.8. The number of ether oxygens (including phenoxy) is 2. The van der Waals surface area contributed by atoms with E-state index in [4.69, 9.17) is 14.7 Å². The van der Waals surface area contributed by atoms with E-state index in [0.29, 0.717) is 21.5 Å². The van der Waals surface area contributed by atoms with Crippen LogP contribution in [0.5, 0.6) is 11.5 Å². The first-order valence-electron chi connectivity index (χ1n) is 6.95. The summed E-state index contributed by atoms with van der Waals surface area (Å²) in [6.07, 6.45) is -0.894. The summed E-state index contributed by atoms with van der Waals surface area (Å²) in [5.74, 6) is -0.414. The van der Waals surface area contributed by atoms with E-state index in [-0.39, 0.29) is 5.69 Å². The van der Waals surface area contributed by atoms with Crippen LogP contribution < -0.4 is 14.8 Å². The van der Waals surface area contributed by atoms with Crippen molar-refractivity contribution in [1.29, 1.82) is 5.26 Å². The molecule has 0 heterocycles. The molecule has 0 unspecified atom stereocenters. The smallest absolute Gasteiger partial charge is 0.265 e. The van der Waals surface area contributed by atoms with E-state index in [0.717, 1.165) is 0 Å². The summed E-state index contributed by atoms with van der Waals surface area (Å²) in [6.45, 7) is 1.53. The van der Waals surface area contributed by atoms with Gasteiger partial charge in [0.05, 0.1) is 24.4 Å². The number of hydrogen-bond acceptors (Lipinski definition) is 4. The molecule has 1 amide bonds. The monoisotopic (exact) mass is 392 g/mol. The Labute approximate surface area is 147 Å². The van der Waals surface area contributed by atoms with Crippen LogP contribution in [0.2, 0.25) is 0 Å². The van der Waals surface area contributed by atoms with Crippen LogP contribution in [0.15, 0.2) is 40.9 Å². The first-order chi connectivity index (χ1) is 11.4. The van der Waals surface area contributed by atoms with E-state index in [1.165, 1.54) is 32.2 Å². The highest BCUT2D eigenvalue weighted by Gasteiger charge is 2.18. The Kier molecular flexibility index (Phi) is 5.77. The van der Waals surface area contributed by atoms with Crippen LogP contribution in [0.25, 0.3) is 0 Å². The Morgan fingerprint density at radius 3 is 2.67 bits per heavy atom. The minimum absolute atomic E-state index is 0.0606. The normalized spacial score (nSPS) is 11.3. The summed E-state index contributed by atoms with van der Waals surface area (Å²) in [5.41, 5.74) is 0.471. The van der Waals surface area contributed by atoms with Gasteiger partial charge in [-0.3, -0.25) is 4.79 Å². The average molecular weight is 393 g/mol. The number of rotatable bonds is 5. The minimum Gasteiger partial charge on any atom is -0.493 e. The highest BCUT2D eigenvalue weighted by Crippen LogP contribution is 2.29. The Morgan fingerprint density at radius 1 is 1.29 bits per heavy atom. The van der Waals surface area contributed by atoms with Crippen molar-refractivity contribution >= 4 is 27.5 Å². The molecule has 7 heteroatoms. The molecule has 1 N–H and O–H groups in total. The molecule has 24 heavy (non-hydrogen) atoms. The number of benzene rings is 2. The third-order valence-corrected chi connectivity index (χ3v) is 3.65. The van der Waals surface area contributed by atoms with E-state index in [1.54, 1.807) is 18.2 Å². The Morgan fingerprint density at radius 2 is 2.04 bits per heavy atom. The number of methoxy groups -OCH3 is 1. The lowest BCUT2D eigenvalue weighted by molar-refractivity contribution is -0.122. The lowest BCUT2D eigenvalue weighted by atomic mass is 10.2. The van der Waals surface area contributed by atoms with Crippen LogP contribution in [-0.2, 0) is 4.79 Å². The largest absolute Gasteiger partial charge is 0.493 e. The molecule has 2 aromatic rings. The van der Waals surface area contributed by atoms with Gasteiger partial charge < -0.3 is 14.8 Å². The second-order valence-electron chi connectivity index (χ2n) is 4.85. The molecular formula is C17H14BrFN2O3. The van der Waals surface area contributed by atoms with Crippen molar-refractivity contribution < 1.29 is 18.7 Å².